The van der Waals surface area contributed by atoms with Crippen LogP contribution in [0.5, 0.6) is 5.75 Å². The Morgan fingerprint density at radius 1 is 1.19 bits per heavy atom. The Labute approximate surface area is 151 Å². The largest absolute Gasteiger partial charge is 0.493 e. The smallest absolute Gasteiger partial charge is 0.330 e. The van der Waals surface area contributed by atoms with E-state index >= 15 is 0 Å². The summed E-state index contributed by atoms with van der Waals surface area (Å²) in [5, 5.41) is 12.0. The van der Waals surface area contributed by atoms with Gasteiger partial charge in [-0.2, -0.15) is 0 Å². The van der Waals surface area contributed by atoms with E-state index in [9.17, 15) is 14.7 Å². The fraction of sp³-hybridized carbons (Fsp3) is 0.300. The van der Waals surface area contributed by atoms with Crippen LogP contribution in [0.3, 0.4) is 0 Å². The summed E-state index contributed by atoms with van der Waals surface area (Å²) < 4.78 is 10.8. The molecule has 0 spiro atoms. The van der Waals surface area contributed by atoms with Gasteiger partial charge < -0.3 is 19.9 Å². The average Bonchev–Trinajstić information content (AvgIpc) is 3.11. The van der Waals surface area contributed by atoms with E-state index in [0.29, 0.717) is 25.2 Å². The molecular formula is C20H21NO5. The predicted molar refractivity (Wildman–Crippen MR) is 95.1 cm³/mol. The van der Waals surface area contributed by atoms with E-state index in [1.54, 1.807) is 18.2 Å². The van der Waals surface area contributed by atoms with Crippen LogP contribution in [0.4, 0.5) is 0 Å². The Hall–Kier alpha value is -2.86. The van der Waals surface area contributed by atoms with E-state index in [2.05, 4.69) is 5.32 Å². The lowest BCUT2D eigenvalue weighted by Crippen LogP contribution is -2.36. The third-order valence-corrected chi connectivity index (χ3v) is 4.21. The van der Waals surface area contributed by atoms with Gasteiger partial charge in [-0.05, 0) is 35.2 Å². The highest BCUT2D eigenvalue weighted by Crippen LogP contribution is 2.28. The van der Waals surface area contributed by atoms with Gasteiger partial charge in [0.25, 0.3) is 0 Å². The van der Waals surface area contributed by atoms with Crippen LogP contribution >= 0.6 is 0 Å². The number of carboxylic acids is 1. The lowest BCUT2D eigenvalue weighted by Gasteiger charge is -2.16. The van der Waals surface area contributed by atoms with Crippen molar-refractivity contribution in [3.63, 3.8) is 0 Å². The molecule has 6 nitrogen and oxygen atoms in total. The van der Waals surface area contributed by atoms with Crippen molar-refractivity contribution in [3.8, 4) is 5.75 Å². The second-order valence-corrected chi connectivity index (χ2v) is 6.09. The van der Waals surface area contributed by atoms with Gasteiger partial charge in [-0.3, -0.25) is 4.79 Å². The van der Waals surface area contributed by atoms with E-state index in [4.69, 9.17) is 9.47 Å². The number of carboxylic acid groups (broad SMARTS) is 1. The first-order valence-corrected chi connectivity index (χ1v) is 8.53. The molecule has 1 atom stereocenters. The van der Waals surface area contributed by atoms with Crippen LogP contribution in [0.1, 0.15) is 22.7 Å². The molecular weight excluding hydrogens is 334 g/mol. The fourth-order valence-electron chi connectivity index (χ4n) is 2.88. The van der Waals surface area contributed by atoms with Gasteiger partial charge in [-0.1, -0.05) is 36.4 Å². The zero-order valence-electron chi connectivity index (χ0n) is 14.3. The fourth-order valence-corrected chi connectivity index (χ4v) is 2.88. The highest BCUT2D eigenvalue weighted by molar-refractivity contribution is 5.85. The summed E-state index contributed by atoms with van der Waals surface area (Å²) in [5.41, 5.74) is 2.61. The first-order chi connectivity index (χ1) is 12.6. The van der Waals surface area contributed by atoms with E-state index in [0.717, 1.165) is 23.3 Å². The van der Waals surface area contributed by atoms with Crippen molar-refractivity contribution in [1.29, 1.82) is 0 Å². The predicted octanol–water partition coefficient (Wildman–Crippen LogP) is 2.12. The molecule has 1 aliphatic heterocycles. The Bertz CT molecular complexity index is 775. The maximum atomic E-state index is 12.1. The summed E-state index contributed by atoms with van der Waals surface area (Å²) in [7, 11) is 0. The molecule has 0 radical (unpaired) electrons. The normalized spacial score (nSPS) is 13.5. The molecule has 1 amide bonds. The number of benzene rings is 2. The van der Waals surface area contributed by atoms with Crippen molar-refractivity contribution in [2.75, 3.05) is 19.8 Å². The minimum absolute atomic E-state index is 0.176. The number of hydrogen-bond acceptors (Lipinski definition) is 4. The molecule has 3 rings (SSSR count). The molecule has 0 aliphatic carbocycles. The number of carbonyl (C=O) groups excluding carboxylic acids is 1. The van der Waals surface area contributed by atoms with Crippen LogP contribution in [0, 0.1) is 0 Å². The highest BCUT2D eigenvalue weighted by Gasteiger charge is 2.24. The van der Waals surface area contributed by atoms with Gasteiger partial charge in [-0.15, -0.1) is 0 Å². The molecule has 0 bridgehead atoms. The van der Waals surface area contributed by atoms with Crippen LogP contribution in [0.15, 0.2) is 48.5 Å². The molecule has 26 heavy (non-hydrogen) atoms. The number of ether oxygens (including phenoxy) is 2. The van der Waals surface area contributed by atoms with Crippen molar-refractivity contribution in [1.82, 2.24) is 5.32 Å². The van der Waals surface area contributed by atoms with Gasteiger partial charge in [-0.25, -0.2) is 4.79 Å². The number of amides is 1. The highest BCUT2D eigenvalue weighted by atomic mass is 16.5. The molecule has 2 aromatic rings. The van der Waals surface area contributed by atoms with Gasteiger partial charge in [0.1, 0.15) is 12.4 Å². The summed E-state index contributed by atoms with van der Waals surface area (Å²) in [5.74, 6) is -0.794. The number of aliphatic carboxylic acids is 1. The van der Waals surface area contributed by atoms with Crippen molar-refractivity contribution >= 4 is 11.9 Å². The SMILES string of the molecule is O=C(COCCc1ccccc1)NC(C(=O)O)c1ccc2c(c1)CCO2. The second-order valence-electron chi connectivity index (χ2n) is 6.09. The van der Waals surface area contributed by atoms with Crippen LogP contribution in [-0.4, -0.2) is 36.8 Å². The Balaban J connectivity index is 1.51. The van der Waals surface area contributed by atoms with Crippen LogP contribution in [0.2, 0.25) is 0 Å². The van der Waals surface area contributed by atoms with Gasteiger partial charge >= 0.3 is 5.97 Å². The topological polar surface area (TPSA) is 84.9 Å². The quantitative estimate of drug-likeness (QED) is 0.709. The maximum absolute atomic E-state index is 12.1. The average molecular weight is 355 g/mol. The van der Waals surface area contributed by atoms with Crippen LogP contribution in [0.25, 0.3) is 0 Å². The van der Waals surface area contributed by atoms with Crippen molar-refractivity contribution in [2.45, 2.75) is 18.9 Å². The van der Waals surface area contributed by atoms with Gasteiger partial charge in [0, 0.05) is 6.42 Å². The van der Waals surface area contributed by atoms with Gasteiger partial charge in [0.15, 0.2) is 6.04 Å². The minimum atomic E-state index is -1.11. The first-order valence-electron chi connectivity index (χ1n) is 8.53. The van der Waals surface area contributed by atoms with E-state index in [-0.39, 0.29) is 6.61 Å². The molecule has 0 aromatic heterocycles. The van der Waals surface area contributed by atoms with Crippen LogP contribution < -0.4 is 10.1 Å². The lowest BCUT2D eigenvalue weighted by molar-refractivity contribution is -0.142. The monoisotopic (exact) mass is 355 g/mol. The zero-order valence-corrected chi connectivity index (χ0v) is 14.3. The van der Waals surface area contributed by atoms with Crippen molar-refractivity contribution < 1.29 is 24.2 Å². The van der Waals surface area contributed by atoms with Gasteiger partial charge in [0.05, 0.1) is 13.2 Å². The number of rotatable bonds is 8. The number of hydrogen-bond donors (Lipinski definition) is 2. The summed E-state index contributed by atoms with van der Waals surface area (Å²) in [6, 6.07) is 13.9. The molecule has 136 valence electrons. The molecule has 0 saturated heterocycles. The van der Waals surface area contributed by atoms with E-state index < -0.39 is 17.9 Å². The first kappa shape index (κ1) is 17.9. The zero-order chi connectivity index (χ0) is 18.4. The van der Waals surface area contributed by atoms with Crippen molar-refractivity contribution in [2.24, 2.45) is 0 Å². The summed E-state index contributed by atoms with van der Waals surface area (Å²) in [6.45, 7) is 0.814. The Kier molecular flexibility index (Phi) is 5.86. The standard InChI is InChI=1S/C20H21NO5/c22-18(13-25-10-8-14-4-2-1-3-5-14)21-19(20(23)24)16-6-7-17-15(12-16)9-11-26-17/h1-7,12,19H,8-11,13H2,(H,21,22)(H,23,24). The summed E-state index contributed by atoms with van der Waals surface area (Å²) in [4.78, 5) is 23.6. The molecule has 0 saturated carbocycles. The van der Waals surface area contributed by atoms with Crippen LogP contribution in [-0.2, 0) is 27.2 Å². The summed E-state index contributed by atoms with van der Waals surface area (Å²) in [6.07, 6.45) is 1.44. The van der Waals surface area contributed by atoms with Gasteiger partial charge in [0.2, 0.25) is 5.91 Å². The van der Waals surface area contributed by atoms with Crippen molar-refractivity contribution in [3.05, 3.63) is 65.2 Å². The molecule has 1 unspecified atom stereocenters. The Morgan fingerprint density at radius 3 is 2.77 bits per heavy atom. The van der Waals surface area contributed by atoms with E-state index in [1.807, 2.05) is 30.3 Å². The molecule has 1 aliphatic rings. The molecule has 6 heteroatoms. The number of nitrogens with one attached hydrogen (secondary N) is 1. The lowest BCUT2D eigenvalue weighted by atomic mass is 10.0. The molecule has 0 fully saturated rings. The third kappa shape index (κ3) is 4.61. The third-order valence-electron chi connectivity index (χ3n) is 4.21. The molecule has 2 N–H and O–H groups in total. The summed E-state index contributed by atoms with van der Waals surface area (Å²) >= 11 is 0. The molecule has 2 aromatic carbocycles. The second kappa shape index (κ2) is 8.49. The molecule has 1 heterocycles. The maximum Gasteiger partial charge on any atom is 0.330 e. The van der Waals surface area contributed by atoms with E-state index in [1.165, 1.54) is 0 Å². The number of fused-ring (bicyclic) bond motifs is 1. The number of carbonyl (C=O) groups is 2. The minimum Gasteiger partial charge on any atom is -0.493 e. The Morgan fingerprint density at radius 2 is 2.00 bits per heavy atom.